The maximum atomic E-state index is 13.0. The Kier molecular flexibility index (Phi) is 5.49. The summed E-state index contributed by atoms with van der Waals surface area (Å²) in [6.07, 6.45) is 0. The van der Waals surface area contributed by atoms with Gasteiger partial charge >= 0.3 is 12.0 Å². The third kappa shape index (κ3) is 3.66. The number of nitrogens with one attached hydrogen (secondary N) is 2. The fraction of sp³-hybridized carbons (Fsp3) is 0.167. The molecule has 158 valence electrons. The molecule has 0 saturated heterocycles. The van der Waals surface area contributed by atoms with Crippen LogP contribution in [-0.4, -0.2) is 33.3 Å². The van der Waals surface area contributed by atoms with E-state index in [1.165, 1.54) is 7.11 Å². The van der Waals surface area contributed by atoms with Crippen LogP contribution in [0.1, 0.15) is 17.2 Å². The van der Waals surface area contributed by atoms with Gasteiger partial charge in [-0.2, -0.15) is 0 Å². The van der Waals surface area contributed by atoms with E-state index in [1.807, 2.05) is 36.4 Å². The number of hydrogen-bond acceptors (Lipinski definition) is 5. The van der Waals surface area contributed by atoms with E-state index in [-0.39, 0.29) is 5.57 Å². The summed E-state index contributed by atoms with van der Waals surface area (Å²) in [5, 5.41) is 7.47. The van der Waals surface area contributed by atoms with Gasteiger partial charge in [0.15, 0.2) is 0 Å². The summed E-state index contributed by atoms with van der Waals surface area (Å²) in [5.41, 5.74) is 1.99. The van der Waals surface area contributed by atoms with Gasteiger partial charge in [-0.3, -0.25) is 0 Å². The minimum absolute atomic E-state index is 0.280. The van der Waals surface area contributed by atoms with E-state index in [2.05, 4.69) is 10.6 Å². The summed E-state index contributed by atoms with van der Waals surface area (Å²) in [7, 11) is 4.44. The Balaban J connectivity index is 1.99. The van der Waals surface area contributed by atoms with E-state index in [4.69, 9.17) is 14.2 Å². The van der Waals surface area contributed by atoms with Gasteiger partial charge in [0.1, 0.15) is 11.5 Å². The highest BCUT2D eigenvalue weighted by Crippen LogP contribution is 2.40. The van der Waals surface area contributed by atoms with Gasteiger partial charge in [0.25, 0.3) is 0 Å². The maximum Gasteiger partial charge on any atom is 0.338 e. The molecule has 0 radical (unpaired) electrons. The summed E-state index contributed by atoms with van der Waals surface area (Å²) in [6.45, 7) is 0. The first kappa shape index (κ1) is 20.3. The largest absolute Gasteiger partial charge is 0.497 e. The van der Waals surface area contributed by atoms with Crippen molar-refractivity contribution in [3.63, 3.8) is 0 Å². The Morgan fingerprint density at radius 3 is 2.32 bits per heavy atom. The van der Waals surface area contributed by atoms with Gasteiger partial charge in [0.2, 0.25) is 0 Å². The number of fused-ring (bicyclic) bond motifs is 1. The van der Waals surface area contributed by atoms with Crippen molar-refractivity contribution in [3.05, 3.63) is 77.4 Å². The van der Waals surface area contributed by atoms with Crippen LogP contribution in [0.5, 0.6) is 11.5 Å². The van der Waals surface area contributed by atoms with E-state index in [0.29, 0.717) is 28.3 Å². The molecule has 0 aromatic heterocycles. The van der Waals surface area contributed by atoms with Gasteiger partial charge < -0.3 is 24.8 Å². The number of amides is 2. The van der Waals surface area contributed by atoms with E-state index in [0.717, 1.165) is 10.8 Å². The fourth-order valence-electron chi connectivity index (χ4n) is 3.85. The zero-order valence-electron chi connectivity index (χ0n) is 17.4. The molecule has 7 nitrogen and oxygen atoms in total. The lowest BCUT2D eigenvalue weighted by atomic mass is 9.89. The quantitative estimate of drug-likeness (QED) is 0.616. The molecule has 0 fully saturated rings. The molecule has 1 aliphatic heterocycles. The summed E-state index contributed by atoms with van der Waals surface area (Å²) >= 11 is 0. The molecule has 1 aliphatic rings. The van der Waals surface area contributed by atoms with Crippen LogP contribution >= 0.6 is 0 Å². The first-order chi connectivity index (χ1) is 15.1. The lowest BCUT2D eigenvalue weighted by Gasteiger charge is -2.31. The third-order valence-electron chi connectivity index (χ3n) is 5.30. The molecule has 2 amide bonds. The number of urea groups is 1. The first-order valence-electron chi connectivity index (χ1n) is 9.67. The summed E-state index contributed by atoms with van der Waals surface area (Å²) in [4.78, 5) is 25.6. The summed E-state index contributed by atoms with van der Waals surface area (Å²) in [6, 6.07) is 17.4. The van der Waals surface area contributed by atoms with Gasteiger partial charge in [0, 0.05) is 5.56 Å². The number of methoxy groups -OCH3 is 3. The monoisotopic (exact) mass is 418 g/mol. The molecule has 2 N–H and O–H groups in total. The van der Waals surface area contributed by atoms with Crippen molar-refractivity contribution >= 4 is 28.5 Å². The van der Waals surface area contributed by atoms with Crippen LogP contribution in [-0.2, 0) is 9.53 Å². The molecule has 31 heavy (non-hydrogen) atoms. The van der Waals surface area contributed by atoms with Crippen molar-refractivity contribution in [2.45, 2.75) is 6.04 Å². The number of esters is 1. The molecule has 0 bridgehead atoms. The van der Waals surface area contributed by atoms with Crippen molar-refractivity contribution in [1.29, 1.82) is 0 Å². The minimum Gasteiger partial charge on any atom is -0.497 e. The highest BCUT2D eigenvalue weighted by Gasteiger charge is 2.36. The number of hydrogen-bond donors (Lipinski definition) is 2. The normalized spacial score (nSPS) is 15.8. The Morgan fingerprint density at radius 1 is 0.903 bits per heavy atom. The van der Waals surface area contributed by atoms with Gasteiger partial charge in [0.05, 0.1) is 38.6 Å². The van der Waals surface area contributed by atoms with E-state index in [9.17, 15) is 9.59 Å². The zero-order valence-corrected chi connectivity index (χ0v) is 17.4. The lowest BCUT2D eigenvalue weighted by Crippen LogP contribution is -2.45. The molecular weight excluding hydrogens is 396 g/mol. The van der Waals surface area contributed by atoms with Crippen LogP contribution in [0.4, 0.5) is 4.79 Å². The Labute approximate surface area is 179 Å². The predicted molar refractivity (Wildman–Crippen MR) is 117 cm³/mol. The molecule has 0 aliphatic carbocycles. The molecular formula is C24H22N2O5. The van der Waals surface area contributed by atoms with Gasteiger partial charge in [-0.15, -0.1) is 0 Å². The van der Waals surface area contributed by atoms with Crippen molar-refractivity contribution in [2.24, 2.45) is 0 Å². The maximum absolute atomic E-state index is 13.0. The summed E-state index contributed by atoms with van der Waals surface area (Å²) < 4.78 is 15.9. The van der Waals surface area contributed by atoms with Crippen molar-refractivity contribution < 1.29 is 23.8 Å². The lowest BCUT2D eigenvalue weighted by molar-refractivity contribution is -0.136. The number of benzene rings is 3. The topological polar surface area (TPSA) is 85.9 Å². The van der Waals surface area contributed by atoms with Crippen molar-refractivity contribution in [2.75, 3.05) is 21.3 Å². The molecule has 3 aromatic carbocycles. The van der Waals surface area contributed by atoms with Crippen LogP contribution < -0.4 is 20.1 Å². The second-order valence-electron chi connectivity index (χ2n) is 6.94. The van der Waals surface area contributed by atoms with Crippen LogP contribution in [0, 0.1) is 0 Å². The first-order valence-corrected chi connectivity index (χ1v) is 9.67. The van der Waals surface area contributed by atoms with Crippen molar-refractivity contribution in [1.82, 2.24) is 10.6 Å². The average Bonchev–Trinajstić information content (AvgIpc) is 2.82. The molecule has 3 aromatic rings. The molecule has 0 saturated carbocycles. The van der Waals surface area contributed by atoms with Crippen LogP contribution in [0.2, 0.25) is 0 Å². The highest BCUT2D eigenvalue weighted by atomic mass is 16.5. The molecule has 1 heterocycles. The van der Waals surface area contributed by atoms with Crippen LogP contribution in [0.15, 0.2) is 66.2 Å². The number of carbonyl (C=O) groups excluding carboxylic acids is 2. The smallest absolute Gasteiger partial charge is 0.338 e. The Hall–Kier alpha value is -4.00. The molecule has 7 heteroatoms. The standard InChI is InChI=1S/C24H22N2O5/c1-29-16-11-8-15(9-12-16)21-20(23(27)31-3)22(26-24(28)25-21)19-17-7-5-4-6-14(17)10-13-18(19)30-2/h4-13,22H,1-3H3,(H2,25,26,28). The van der Waals surface area contributed by atoms with Crippen LogP contribution in [0.3, 0.4) is 0 Å². The third-order valence-corrected chi connectivity index (χ3v) is 5.30. The van der Waals surface area contributed by atoms with Gasteiger partial charge in [-0.25, -0.2) is 9.59 Å². The molecule has 1 unspecified atom stereocenters. The Bertz CT molecular complexity index is 1180. The van der Waals surface area contributed by atoms with E-state index >= 15 is 0 Å². The Morgan fingerprint density at radius 2 is 1.65 bits per heavy atom. The zero-order chi connectivity index (χ0) is 22.0. The van der Waals surface area contributed by atoms with Crippen LogP contribution in [0.25, 0.3) is 16.5 Å². The second-order valence-corrected chi connectivity index (χ2v) is 6.94. The average molecular weight is 418 g/mol. The molecule has 4 rings (SSSR count). The van der Waals surface area contributed by atoms with Gasteiger partial charge in [-0.1, -0.05) is 30.3 Å². The second kappa shape index (κ2) is 8.39. The summed E-state index contributed by atoms with van der Waals surface area (Å²) in [5.74, 6) is 0.663. The molecule has 1 atom stereocenters. The number of ether oxygens (including phenoxy) is 3. The molecule has 0 spiro atoms. The fourth-order valence-corrected chi connectivity index (χ4v) is 3.85. The van der Waals surface area contributed by atoms with Gasteiger partial charge in [-0.05, 0) is 46.7 Å². The SMILES string of the molecule is COC(=O)C1=C(c2ccc(OC)cc2)NC(=O)NC1c1c(OC)ccc2ccccc12. The van der Waals surface area contributed by atoms with E-state index in [1.54, 1.807) is 38.5 Å². The number of rotatable bonds is 5. The van der Waals surface area contributed by atoms with E-state index < -0.39 is 18.0 Å². The van der Waals surface area contributed by atoms with Crippen molar-refractivity contribution in [3.8, 4) is 11.5 Å². The minimum atomic E-state index is -0.778. The highest BCUT2D eigenvalue weighted by molar-refractivity contribution is 6.06. The number of carbonyl (C=O) groups is 2. The predicted octanol–water partition coefficient (Wildman–Crippen LogP) is 3.80.